The molecule has 15 rings (SSSR count). The van der Waals surface area contributed by atoms with Crippen LogP contribution in [0.4, 0.5) is 17.1 Å². The molecule has 2 aliphatic rings. The molecule has 1 aliphatic heterocycles. The van der Waals surface area contributed by atoms with Gasteiger partial charge in [0.25, 0.3) is 0 Å². The topological polar surface area (TPSA) is 12.5 Å². The predicted octanol–water partition coefficient (Wildman–Crippen LogP) is 18.3. The summed E-state index contributed by atoms with van der Waals surface area (Å²) in [4.78, 5) is 2.52. The van der Waals surface area contributed by atoms with E-state index >= 15 is 0 Å². The van der Waals surface area contributed by atoms with E-state index in [1.54, 1.807) is 0 Å². The van der Waals surface area contributed by atoms with Crippen molar-refractivity contribution >= 4 is 102 Å². The Bertz CT molecular complexity index is 4150. The van der Waals surface area contributed by atoms with Crippen LogP contribution in [0.2, 0.25) is 0 Å². The summed E-state index contributed by atoms with van der Waals surface area (Å²) in [6.45, 7) is 0. The van der Waals surface area contributed by atoms with Gasteiger partial charge in [0.05, 0.1) is 16.8 Å². The van der Waals surface area contributed by atoms with Crippen LogP contribution in [0.15, 0.2) is 224 Å². The molecule has 2 aromatic heterocycles. The predicted molar refractivity (Wildman–Crippen MR) is 285 cm³/mol. The monoisotopic (exact) mass is 887 g/mol. The number of hydrogen-bond donors (Lipinski definition) is 0. The Kier molecular flexibility index (Phi) is 7.78. The molecule has 312 valence electrons. The number of thiophene rings is 2. The van der Waals surface area contributed by atoms with Gasteiger partial charge < -0.3 is 9.64 Å². The van der Waals surface area contributed by atoms with Gasteiger partial charge in [-0.1, -0.05) is 170 Å². The van der Waals surface area contributed by atoms with Gasteiger partial charge in [-0.15, -0.1) is 22.7 Å². The first-order chi connectivity index (χ1) is 33.2. The van der Waals surface area contributed by atoms with Crippen molar-refractivity contribution < 1.29 is 4.74 Å². The van der Waals surface area contributed by atoms with Gasteiger partial charge in [0.2, 0.25) is 0 Å². The largest absolute Gasteiger partial charge is 0.455 e. The Morgan fingerprint density at radius 3 is 1.67 bits per heavy atom. The quantitative estimate of drug-likeness (QED) is 0.175. The summed E-state index contributed by atoms with van der Waals surface area (Å²) in [5, 5.41) is 9.70. The average molecular weight is 888 g/mol. The summed E-state index contributed by atoms with van der Waals surface area (Å²) >= 11 is 3.73. The normalized spacial score (nSPS) is 13.3. The van der Waals surface area contributed by atoms with Crippen molar-refractivity contribution in [2.24, 2.45) is 0 Å². The number of nitrogens with zero attached hydrogens (tertiary/aromatic N) is 1. The van der Waals surface area contributed by atoms with Crippen molar-refractivity contribution in [3.63, 3.8) is 0 Å². The van der Waals surface area contributed by atoms with Crippen molar-refractivity contribution in [1.82, 2.24) is 0 Å². The minimum Gasteiger partial charge on any atom is -0.455 e. The molecule has 1 aliphatic carbocycles. The number of hydrogen-bond acceptors (Lipinski definition) is 4. The lowest BCUT2D eigenvalue weighted by atomic mass is 9.65. The van der Waals surface area contributed by atoms with E-state index in [0.717, 1.165) is 33.6 Å². The van der Waals surface area contributed by atoms with E-state index in [1.807, 2.05) is 22.7 Å². The molecule has 0 amide bonds. The molecule has 4 heteroatoms. The lowest BCUT2D eigenvalue weighted by Crippen LogP contribution is -2.32. The van der Waals surface area contributed by atoms with Crippen LogP contribution < -0.4 is 9.64 Å². The molecule has 2 nitrogen and oxygen atoms in total. The Balaban J connectivity index is 0.993. The second-order valence-corrected chi connectivity index (χ2v) is 20.0. The number of benzene rings is 11. The van der Waals surface area contributed by atoms with Gasteiger partial charge in [0, 0.05) is 73.5 Å². The van der Waals surface area contributed by atoms with Crippen LogP contribution in [-0.4, -0.2) is 0 Å². The van der Waals surface area contributed by atoms with Gasteiger partial charge in [-0.3, -0.25) is 0 Å². The highest BCUT2D eigenvalue weighted by Crippen LogP contribution is 2.64. The van der Waals surface area contributed by atoms with E-state index in [4.69, 9.17) is 4.74 Å². The highest BCUT2D eigenvalue weighted by atomic mass is 32.1. The van der Waals surface area contributed by atoms with Crippen LogP contribution in [0.1, 0.15) is 22.3 Å². The number of ether oxygens (including phenoxy) is 1. The fourth-order valence-electron chi connectivity index (χ4n) is 11.7. The molecule has 0 fully saturated rings. The van der Waals surface area contributed by atoms with Gasteiger partial charge in [0.1, 0.15) is 11.5 Å². The van der Waals surface area contributed by atoms with E-state index in [2.05, 4.69) is 229 Å². The third kappa shape index (κ3) is 5.14. The maximum absolute atomic E-state index is 7.23. The molecule has 0 unspecified atom stereocenters. The zero-order chi connectivity index (χ0) is 43.8. The zero-order valence-corrected chi connectivity index (χ0v) is 37.7. The lowest BCUT2D eigenvalue weighted by Gasteiger charge is -2.40. The molecule has 67 heavy (non-hydrogen) atoms. The number of anilines is 3. The Hall–Kier alpha value is -8.02. The van der Waals surface area contributed by atoms with Gasteiger partial charge in [-0.05, 0) is 93.2 Å². The highest BCUT2D eigenvalue weighted by molar-refractivity contribution is 7.26. The first kappa shape index (κ1) is 37.2. The van der Waals surface area contributed by atoms with Gasteiger partial charge in [-0.25, -0.2) is 0 Å². The molecular formula is C63H37NOS2. The number of para-hydroxylation sites is 1. The molecule has 0 radical (unpaired) electrons. The van der Waals surface area contributed by atoms with Crippen molar-refractivity contribution in [2.45, 2.75) is 5.41 Å². The summed E-state index contributed by atoms with van der Waals surface area (Å²) in [5.41, 5.74) is 12.5. The molecule has 1 spiro atoms. The van der Waals surface area contributed by atoms with Crippen molar-refractivity contribution in [3.05, 3.63) is 247 Å². The zero-order valence-electron chi connectivity index (χ0n) is 36.0. The van der Waals surface area contributed by atoms with E-state index in [1.165, 1.54) is 101 Å². The maximum Gasteiger partial charge on any atom is 0.140 e. The summed E-state index contributed by atoms with van der Waals surface area (Å²) < 4.78 is 12.4. The maximum atomic E-state index is 7.23. The third-order valence-electron chi connectivity index (χ3n) is 14.5. The van der Waals surface area contributed by atoms with Crippen LogP contribution in [0.3, 0.4) is 0 Å². The summed E-state index contributed by atoms with van der Waals surface area (Å²) in [6.07, 6.45) is 0. The summed E-state index contributed by atoms with van der Waals surface area (Å²) in [5.74, 6) is 1.86. The molecule has 11 aromatic carbocycles. The van der Waals surface area contributed by atoms with Gasteiger partial charge in [-0.2, -0.15) is 0 Å². The highest BCUT2D eigenvalue weighted by Gasteiger charge is 2.52. The summed E-state index contributed by atoms with van der Waals surface area (Å²) in [6, 6.07) is 83.3. The molecule has 0 bridgehead atoms. The van der Waals surface area contributed by atoms with Crippen LogP contribution in [0.25, 0.3) is 84.1 Å². The van der Waals surface area contributed by atoms with Crippen LogP contribution in [0, 0.1) is 0 Å². The fraction of sp³-hybridized carbons (Fsp3) is 0.0159. The van der Waals surface area contributed by atoms with Crippen molar-refractivity contribution in [1.29, 1.82) is 0 Å². The average Bonchev–Trinajstić information content (AvgIpc) is 4.05. The third-order valence-corrected chi connectivity index (χ3v) is 16.8. The first-order valence-corrected chi connectivity index (χ1v) is 24.5. The molecule has 0 saturated heterocycles. The molecule has 0 saturated carbocycles. The second-order valence-electron chi connectivity index (χ2n) is 17.9. The van der Waals surface area contributed by atoms with Crippen molar-refractivity contribution in [3.8, 4) is 33.8 Å². The van der Waals surface area contributed by atoms with Crippen LogP contribution >= 0.6 is 22.7 Å². The van der Waals surface area contributed by atoms with Gasteiger partial charge >= 0.3 is 0 Å². The Labute approximate surface area is 394 Å². The SMILES string of the molecule is c1ccc(N(c2ccc3sc4ccccc4c3c2)c2cccc3sc4ccccc4c23)c(-c2ccc3c(c2)-c2ccccc2C32c3ccc4ccccc4c3Oc3c2ccc2ccccc32)c1. The molecule has 0 atom stereocenters. The van der Waals surface area contributed by atoms with Gasteiger partial charge in [0.15, 0.2) is 0 Å². The van der Waals surface area contributed by atoms with Crippen molar-refractivity contribution in [2.75, 3.05) is 4.90 Å². The van der Waals surface area contributed by atoms with Crippen LogP contribution in [-0.2, 0) is 5.41 Å². The van der Waals surface area contributed by atoms with E-state index in [0.29, 0.717) is 0 Å². The smallest absolute Gasteiger partial charge is 0.140 e. The Morgan fingerprint density at radius 2 is 0.896 bits per heavy atom. The molecular weight excluding hydrogens is 851 g/mol. The summed E-state index contributed by atoms with van der Waals surface area (Å²) in [7, 11) is 0. The fourth-order valence-corrected chi connectivity index (χ4v) is 13.9. The molecule has 3 heterocycles. The van der Waals surface area contributed by atoms with E-state index in [-0.39, 0.29) is 0 Å². The number of rotatable bonds is 4. The van der Waals surface area contributed by atoms with E-state index < -0.39 is 5.41 Å². The van der Waals surface area contributed by atoms with E-state index in [9.17, 15) is 0 Å². The standard InChI is InChI=1S/C63H37NOS2/c1-3-17-43-38(14-1)28-33-52-61(43)65-62-44-18-4-2-15-39(44)29-34-53(62)63(52)50-22-9-5-19-45(50)48-36-40(30-32-51(48)63)42-16-6-10-23-54(42)64(41-31-35-58-49(37-41)46-20-7-11-25-56(46)66-58)55-24-13-27-59-60(55)47-21-8-12-26-57(47)67-59/h1-37H. The Morgan fingerprint density at radius 1 is 0.343 bits per heavy atom. The second kappa shape index (κ2) is 14.0. The minimum atomic E-state index is -0.610. The first-order valence-electron chi connectivity index (χ1n) is 22.9. The molecule has 0 N–H and O–H groups in total. The minimum absolute atomic E-state index is 0.610. The number of fused-ring (bicyclic) bond motifs is 19. The lowest BCUT2D eigenvalue weighted by molar-refractivity contribution is 0.447. The molecule has 13 aromatic rings. The van der Waals surface area contributed by atoms with Crippen LogP contribution in [0.5, 0.6) is 11.5 Å².